The van der Waals surface area contributed by atoms with Gasteiger partial charge in [-0.05, 0) is 30.0 Å². The fourth-order valence-corrected chi connectivity index (χ4v) is 3.15. The van der Waals surface area contributed by atoms with Crippen molar-refractivity contribution in [2.75, 3.05) is 30.8 Å². The minimum absolute atomic E-state index is 0.419. The highest BCUT2D eigenvalue weighted by molar-refractivity contribution is 7.98. The largest absolute Gasteiger partial charge is 0.368 e. The van der Waals surface area contributed by atoms with E-state index in [-0.39, 0.29) is 0 Å². The minimum Gasteiger partial charge on any atom is -0.368 e. The molecule has 3 heteroatoms. The Morgan fingerprint density at radius 1 is 1.10 bits per heavy atom. The second-order valence-electron chi connectivity index (χ2n) is 5.06. The molecule has 2 nitrogen and oxygen atoms in total. The Bertz CT molecular complexity index is 556. The maximum atomic E-state index is 3.62. The summed E-state index contributed by atoms with van der Waals surface area (Å²) in [5, 5.41) is 3.62. The summed E-state index contributed by atoms with van der Waals surface area (Å²) >= 11 is 1.80. The summed E-state index contributed by atoms with van der Waals surface area (Å²) in [6.07, 6.45) is 2.13. The molecule has 1 unspecified atom stereocenters. The Balaban J connectivity index is 1.78. The fraction of sp³-hybridized carbons (Fsp3) is 0.294. The van der Waals surface area contributed by atoms with Crippen LogP contribution in [-0.4, -0.2) is 25.9 Å². The number of piperazine rings is 1. The van der Waals surface area contributed by atoms with Gasteiger partial charge in [-0.1, -0.05) is 36.4 Å². The lowest BCUT2D eigenvalue weighted by Gasteiger charge is -2.35. The number of rotatable bonds is 3. The first-order valence-corrected chi connectivity index (χ1v) is 8.26. The third kappa shape index (κ3) is 3.00. The van der Waals surface area contributed by atoms with Crippen LogP contribution in [0.25, 0.3) is 0 Å². The fourth-order valence-electron chi connectivity index (χ4n) is 2.70. The van der Waals surface area contributed by atoms with Gasteiger partial charge in [0.05, 0.1) is 0 Å². The van der Waals surface area contributed by atoms with E-state index in [9.17, 15) is 0 Å². The zero-order chi connectivity index (χ0) is 13.8. The molecule has 1 aliphatic heterocycles. The van der Waals surface area contributed by atoms with Crippen LogP contribution in [-0.2, 0) is 0 Å². The summed E-state index contributed by atoms with van der Waals surface area (Å²) in [4.78, 5) is 3.81. The Kier molecular flexibility index (Phi) is 4.28. The quantitative estimate of drug-likeness (QED) is 0.868. The highest BCUT2D eigenvalue weighted by Gasteiger charge is 2.20. The Morgan fingerprint density at radius 2 is 1.95 bits per heavy atom. The molecule has 3 rings (SSSR count). The Labute approximate surface area is 125 Å². The third-order valence-corrected chi connectivity index (χ3v) is 4.52. The molecule has 104 valence electrons. The topological polar surface area (TPSA) is 15.3 Å². The molecular formula is C17H20N2S. The minimum atomic E-state index is 0.419. The monoisotopic (exact) mass is 284 g/mol. The molecule has 1 fully saturated rings. The van der Waals surface area contributed by atoms with E-state index >= 15 is 0 Å². The van der Waals surface area contributed by atoms with Crippen LogP contribution in [0.2, 0.25) is 0 Å². The van der Waals surface area contributed by atoms with Gasteiger partial charge in [0.15, 0.2) is 0 Å². The summed E-state index contributed by atoms with van der Waals surface area (Å²) < 4.78 is 0. The van der Waals surface area contributed by atoms with Gasteiger partial charge in [0.2, 0.25) is 0 Å². The third-order valence-electron chi connectivity index (χ3n) is 3.80. The molecule has 0 amide bonds. The van der Waals surface area contributed by atoms with E-state index in [0.29, 0.717) is 6.04 Å². The van der Waals surface area contributed by atoms with Crippen molar-refractivity contribution in [1.29, 1.82) is 0 Å². The zero-order valence-electron chi connectivity index (χ0n) is 11.8. The molecule has 20 heavy (non-hydrogen) atoms. The number of thioether (sulfide) groups is 1. The van der Waals surface area contributed by atoms with Gasteiger partial charge in [-0.2, -0.15) is 0 Å². The summed E-state index contributed by atoms with van der Waals surface area (Å²) in [6, 6.07) is 20.0. The summed E-state index contributed by atoms with van der Waals surface area (Å²) in [5.41, 5.74) is 2.71. The van der Waals surface area contributed by atoms with Gasteiger partial charge in [0.25, 0.3) is 0 Å². The summed E-state index contributed by atoms with van der Waals surface area (Å²) in [6.45, 7) is 3.13. The first-order chi connectivity index (χ1) is 9.86. The Morgan fingerprint density at radius 3 is 2.75 bits per heavy atom. The number of hydrogen-bond acceptors (Lipinski definition) is 3. The molecule has 0 spiro atoms. The van der Waals surface area contributed by atoms with Gasteiger partial charge in [-0.3, -0.25) is 0 Å². The number of benzene rings is 2. The van der Waals surface area contributed by atoms with Gasteiger partial charge < -0.3 is 10.2 Å². The van der Waals surface area contributed by atoms with Crippen molar-refractivity contribution < 1.29 is 0 Å². The normalized spacial score (nSPS) is 19.1. The van der Waals surface area contributed by atoms with Crippen LogP contribution in [0.3, 0.4) is 0 Å². The predicted molar refractivity (Wildman–Crippen MR) is 87.6 cm³/mol. The molecule has 0 saturated carbocycles. The molecular weight excluding hydrogens is 264 g/mol. The number of nitrogens with one attached hydrogen (secondary N) is 1. The smallest absolute Gasteiger partial charge is 0.0498 e. The van der Waals surface area contributed by atoms with Crippen molar-refractivity contribution in [2.24, 2.45) is 0 Å². The standard InChI is InChI=1S/C17H20N2S/c1-20-16-9-5-8-15(12-16)19-11-10-18-17(13-19)14-6-3-2-4-7-14/h2-9,12,17-18H,10-11,13H2,1H3. The van der Waals surface area contributed by atoms with E-state index < -0.39 is 0 Å². The van der Waals surface area contributed by atoms with E-state index in [2.05, 4.69) is 71.1 Å². The second kappa shape index (κ2) is 6.33. The van der Waals surface area contributed by atoms with E-state index in [0.717, 1.165) is 19.6 Å². The molecule has 1 aliphatic rings. The van der Waals surface area contributed by atoms with Gasteiger partial charge in [-0.25, -0.2) is 0 Å². The second-order valence-corrected chi connectivity index (χ2v) is 5.94. The van der Waals surface area contributed by atoms with Crippen LogP contribution < -0.4 is 10.2 Å². The lowest BCUT2D eigenvalue weighted by Crippen LogP contribution is -2.45. The average Bonchev–Trinajstić information content (AvgIpc) is 2.56. The van der Waals surface area contributed by atoms with Crippen LogP contribution >= 0.6 is 11.8 Å². The number of nitrogens with zero attached hydrogens (tertiary/aromatic N) is 1. The lowest BCUT2D eigenvalue weighted by atomic mass is 10.0. The van der Waals surface area contributed by atoms with Crippen LogP contribution in [0, 0.1) is 0 Å². The summed E-state index contributed by atoms with van der Waals surface area (Å²) in [5.74, 6) is 0. The van der Waals surface area contributed by atoms with E-state index in [4.69, 9.17) is 0 Å². The molecule has 1 atom stereocenters. The van der Waals surface area contributed by atoms with Gasteiger partial charge in [0, 0.05) is 36.3 Å². The van der Waals surface area contributed by atoms with Gasteiger partial charge >= 0.3 is 0 Å². The molecule has 0 radical (unpaired) electrons. The lowest BCUT2D eigenvalue weighted by molar-refractivity contribution is 0.472. The first-order valence-electron chi connectivity index (χ1n) is 7.04. The number of hydrogen-bond donors (Lipinski definition) is 1. The van der Waals surface area contributed by atoms with E-state index in [1.54, 1.807) is 11.8 Å². The molecule has 1 heterocycles. The van der Waals surface area contributed by atoms with E-state index in [1.807, 2.05) is 0 Å². The van der Waals surface area contributed by atoms with Crippen molar-refractivity contribution in [3.63, 3.8) is 0 Å². The van der Waals surface area contributed by atoms with Gasteiger partial charge in [0.1, 0.15) is 0 Å². The molecule has 1 N–H and O–H groups in total. The molecule has 1 saturated heterocycles. The molecule has 0 aliphatic carbocycles. The van der Waals surface area contributed by atoms with Crippen molar-refractivity contribution in [1.82, 2.24) is 5.32 Å². The van der Waals surface area contributed by atoms with Crippen molar-refractivity contribution in [2.45, 2.75) is 10.9 Å². The van der Waals surface area contributed by atoms with Crippen LogP contribution in [0.4, 0.5) is 5.69 Å². The van der Waals surface area contributed by atoms with Crippen molar-refractivity contribution >= 4 is 17.4 Å². The molecule has 0 bridgehead atoms. The van der Waals surface area contributed by atoms with Crippen LogP contribution in [0.15, 0.2) is 59.5 Å². The highest BCUT2D eigenvalue weighted by Crippen LogP contribution is 2.25. The van der Waals surface area contributed by atoms with Crippen LogP contribution in [0.5, 0.6) is 0 Å². The number of anilines is 1. The average molecular weight is 284 g/mol. The molecule has 2 aromatic rings. The summed E-state index contributed by atoms with van der Waals surface area (Å²) in [7, 11) is 0. The maximum Gasteiger partial charge on any atom is 0.0498 e. The zero-order valence-corrected chi connectivity index (χ0v) is 12.6. The SMILES string of the molecule is CSc1cccc(N2CCNC(c3ccccc3)C2)c1. The Hall–Kier alpha value is -1.45. The maximum absolute atomic E-state index is 3.62. The molecule has 2 aromatic carbocycles. The van der Waals surface area contributed by atoms with Gasteiger partial charge in [-0.15, -0.1) is 11.8 Å². The van der Waals surface area contributed by atoms with Crippen molar-refractivity contribution in [3.05, 3.63) is 60.2 Å². The predicted octanol–water partition coefficient (Wildman–Crippen LogP) is 3.56. The van der Waals surface area contributed by atoms with Crippen LogP contribution in [0.1, 0.15) is 11.6 Å². The first kappa shape index (κ1) is 13.5. The highest BCUT2D eigenvalue weighted by atomic mass is 32.2. The van der Waals surface area contributed by atoms with Crippen molar-refractivity contribution in [3.8, 4) is 0 Å². The van der Waals surface area contributed by atoms with E-state index in [1.165, 1.54) is 16.1 Å². The molecule has 0 aromatic heterocycles.